The van der Waals surface area contributed by atoms with Crippen molar-refractivity contribution in [3.05, 3.63) is 0 Å². The molecule has 10 heavy (non-hydrogen) atoms. The maximum absolute atomic E-state index is 10.8. The zero-order valence-electron chi connectivity index (χ0n) is 5.43. The van der Waals surface area contributed by atoms with Crippen LogP contribution in [0.1, 0.15) is 6.92 Å². The molecule has 0 aromatic rings. The van der Waals surface area contributed by atoms with Crippen molar-refractivity contribution in [1.82, 2.24) is 0 Å². The monoisotopic (exact) mass is 171 g/mol. The lowest BCUT2D eigenvalue weighted by molar-refractivity contribution is -0.154. The Kier molecular flexibility index (Phi) is 4.04. The predicted octanol–water partition coefficient (Wildman–Crippen LogP) is -0.0598. The first-order valence-corrected chi connectivity index (χ1v) is 4.19. The van der Waals surface area contributed by atoms with Crippen LogP contribution in [0.25, 0.3) is 0 Å². The molecule has 0 radical (unpaired) electrons. The second kappa shape index (κ2) is 4.02. The fourth-order valence-electron chi connectivity index (χ4n) is 0.328. The number of hydrogen-bond donors (Lipinski definition) is 3. The minimum Gasteiger partial charge on any atom is -0.368 e. The van der Waals surface area contributed by atoms with Crippen LogP contribution in [0.15, 0.2) is 0 Å². The van der Waals surface area contributed by atoms with E-state index in [1.165, 1.54) is 6.92 Å². The van der Waals surface area contributed by atoms with Gasteiger partial charge in [0, 0.05) is 0 Å². The molecule has 0 aliphatic rings. The van der Waals surface area contributed by atoms with Crippen LogP contribution in [-0.4, -0.2) is 22.9 Å². The summed E-state index contributed by atoms with van der Waals surface area (Å²) in [5, 5.41) is 16.5. The highest BCUT2D eigenvalue weighted by atomic mass is 31.2. The summed E-state index contributed by atoms with van der Waals surface area (Å²) in [5.74, 6) is -1.81. The highest BCUT2D eigenvalue weighted by Crippen LogP contribution is 2.48. The van der Waals surface area contributed by atoms with Gasteiger partial charge in [0.15, 0.2) is 0 Å². The number of hydrogen-bond acceptors (Lipinski definition) is 6. The van der Waals surface area contributed by atoms with Gasteiger partial charge in [-0.1, -0.05) is 0 Å². The van der Waals surface area contributed by atoms with Crippen molar-refractivity contribution in [1.29, 1.82) is 0 Å². The van der Waals surface area contributed by atoms with E-state index in [1.54, 1.807) is 0 Å². The molecule has 0 aromatic carbocycles. The lowest BCUT2D eigenvalue weighted by Gasteiger charge is -2.14. The Labute approximate surface area is 58.0 Å². The number of nitrogens with two attached hydrogens (primary N) is 1. The molecular weight excluding hydrogens is 161 g/mol. The summed E-state index contributed by atoms with van der Waals surface area (Å²) in [5.41, 5.74) is 4.75. The third-order valence-electron chi connectivity index (χ3n) is 0.747. The lowest BCUT2D eigenvalue weighted by atomic mass is 10.9. The smallest absolute Gasteiger partial charge is 0.368 e. The van der Waals surface area contributed by atoms with Crippen molar-refractivity contribution in [3.63, 3.8) is 0 Å². The maximum Gasteiger partial charge on any atom is 0.400 e. The summed E-state index contributed by atoms with van der Waals surface area (Å²) in [7, 11) is -3.88. The Balaban J connectivity index is 4.10. The quantitative estimate of drug-likeness (QED) is 0.237. The number of aliphatic hydroxyl groups excluding tert-OH is 1. The third-order valence-corrected chi connectivity index (χ3v) is 2.24. The van der Waals surface area contributed by atoms with Gasteiger partial charge in [0.2, 0.25) is 5.97 Å². The summed E-state index contributed by atoms with van der Waals surface area (Å²) >= 11 is 0. The second-order valence-electron chi connectivity index (χ2n) is 1.45. The van der Waals surface area contributed by atoms with Gasteiger partial charge in [-0.2, -0.15) is 0 Å². The maximum atomic E-state index is 10.8. The highest BCUT2D eigenvalue weighted by molar-refractivity contribution is 7.54. The number of rotatable bonds is 4. The van der Waals surface area contributed by atoms with E-state index in [2.05, 4.69) is 9.20 Å². The molecule has 4 N–H and O–H groups in total. The van der Waals surface area contributed by atoms with Crippen molar-refractivity contribution in [2.45, 2.75) is 12.9 Å². The van der Waals surface area contributed by atoms with Gasteiger partial charge >= 0.3 is 7.60 Å². The average molecular weight is 171 g/mol. The third kappa shape index (κ3) is 2.34. The standard InChI is InChI=1S/C3H10NO5P/c1-2-8-10(7,9-6)3(4)5/h3,5-6H,2,4H2,1H3. The zero-order valence-corrected chi connectivity index (χ0v) is 6.32. The zero-order chi connectivity index (χ0) is 8.20. The molecule has 0 fully saturated rings. The van der Waals surface area contributed by atoms with Gasteiger partial charge in [-0.25, -0.2) is 5.26 Å². The topological polar surface area (TPSA) is 102 Å². The molecule has 0 saturated heterocycles. The fraction of sp³-hybridized carbons (Fsp3) is 1.00. The molecule has 0 saturated carbocycles. The first kappa shape index (κ1) is 10.0. The van der Waals surface area contributed by atoms with Crippen LogP contribution in [0.3, 0.4) is 0 Å². The second-order valence-corrected chi connectivity index (χ2v) is 3.48. The van der Waals surface area contributed by atoms with E-state index >= 15 is 0 Å². The SMILES string of the molecule is CCOP(=O)(OO)C(N)O. The van der Waals surface area contributed by atoms with Gasteiger partial charge in [-0.05, 0) is 6.92 Å². The molecule has 0 aliphatic carbocycles. The molecule has 0 aromatic heterocycles. The van der Waals surface area contributed by atoms with E-state index in [0.717, 1.165) is 0 Å². The Hall–Kier alpha value is 0.0300. The number of aliphatic hydroxyl groups is 1. The summed E-state index contributed by atoms with van der Waals surface area (Å²) in [6.07, 6.45) is 0. The van der Waals surface area contributed by atoms with Crippen LogP contribution in [0, 0.1) is 0 Å². The Morgan fingerprint density at radius 2 is 2.30 bits per heavy atom. The largest absolute Gasteiger partial charge is 0.400 e. The summed E-state index contributed by atoms with van der Waals surface area (Å²) in [6.45, 7) is 1.56. The molecule has 0 heterocycles. The van der Waals surface area contributed by atoms with Crippen LogP contribution in [0.5, 0.6) is 0 Å². The van der Waals surface area contributed by atoms with Crippen molar-refractivity contribution in [2.24, 2.45) is 5.73 Å². The molecule has 0 aliphatic heterocycles. The Morgan fingerprint density at radius 3 is 2.40 bits per heavy atom. The van der Waals surface area contributed by atoms with Crippen molar-refractivity contribution >= 4 is 7.60 Å². The first-order chi connectivity index (χ1) is 4.56. The summed E-state index contributed by atoms with van der Waals surface area (Å²) in [4.78, 5) is 0. The Morgan fingerprint density at radius 1 is 1.80 bits per heavy atom. The summed E-state index contributed by atoms with van der Waals surface area (Å²) < 4.78 is 18.6. The van der Waals surface area contributed by atoms with Gasteiger partial charge in [-0.15, -0.1) is 4.67 Å². The van der Waals surface area contributed by atoms with E-state index in [9.17, 15) is 4.57 Å². The van der Waals surface area contributed by atoms with E-state index in [-0.39, 0.29) is 6.61 Å². The average Bonchev–Trinajstić information content (AvgIpc) is 1.88. The van der Waals surface area contributed by atoms with Crippen LogP contribution < -0.4 is 5.73 Å². The molecule has 7 heteroatoms. The van der Waals surface area contributed by atoms with Gasteiger partial charge in [-0.3, -0.25) is 10.3 Å². The van der Waals surface area contributed by atoms with Gasteiger partial charge in [0.1, 0.15) is 0 Å². The molecule has 0 amide bonds. The van der Waals surface area contributed by atoms with E-state index in [0.29, 0.717) is 0 Å². The molecule has 0 rings (SSSR count). The molecule has 2 unspecified atom stereocenters. The predicted molar refractivity (Wildman–Crippen MR) is 33.1 cm³/mol. The highest BCUT2D eigenvalue weighted by Gasteiger charge is 2.31. The van der Waals surface area contributed by atoms with Crippen LogP contribution in [-0.2, 0) is 13.8 Å². The molecule has 62 valence electrons. The molecule has 0 spiro atoms. The van der Waals surface area contributed by atoms with Crippen LogP contribution in [0.2, 0.25) is 0 Å². The summed E-state index contributed by atoms with van der Waals surface area (Å²) in [6, 6.07) is 0. The van der Waals surface area contributed by atoms with E-state index in [4.69, 9.17) is 16.1 Å². The van der Waals surface area contributed by atoms with Gasteiger partial charge in [0.05, 0.1) is 6.61 Å². The van der Waals surface area contributed by atoms with Gasteiger partial charge in [0.25, 0.3) is 0 Å². The lowest BCUT2D eigenvalue weighted by Crippen LogP contribution is -2.21. The van der Waals surface area contributed by atoms with E-state index in [1.807, 2.05) is 0 Å². The molecule has 2 atom stereocenters. The first-order valence-electron chi connectivity index (χ1n) is 2.58. The van der Waals surface area contributed by atoms with Crippen LogP contribution >= 0.6 is 7.60 Å². The van der Waals surface area contributed by atoms with Crippen molar-refractivity contribution < 1.29 is 24.1 Å². The van der Waals surface area contributed by atoms with Crippen molar-refractivity contribution in [3.8, 4) is 0 Å². The van der Waals surface area contributed by atoms with E-state index < -0.39 is 13.6 Å². The minimum absolute atomic E-state index is 0.0338. The Bertz CT molecular complexity index is 137. The molecular formula is C3H10NO5P. The molecule has 6 nitrogen and oxygen atoms in total. The fourth-order valence-corrected chi connectivity index (χ4v) is 0.985. The minimum atomic E-state index is -3.88. The van der Waals surface area contributed by atoms with Crippen molar-refractivity contribution in [2.75, 3.05) is 6.61 Å². The van der Waals surface area contributed by atoms with Crippen LogP contribution in [0.4, 0.5) is 0 Å². The van der Waals surface area contributed by atoms with Gasteiger partial charge < -0.3 is 9.63 Å². The normalized spacial score (nSPS) is 20.0. The molecule has 0 bridgehead atoms.